The topological polar surface area (TPSA) is 27.1 Å². The summed E-state index contributed by atoms with van der Waals surface area (Å²) in [7, 11) is 0. The van der Waals surface area contributed by atoms with Gasteiger partial charge >= 0.3 is 0 Å². The highest BCUT2D eigenvalue weighted by Crippen LogP contribution is 2.14. The number of halogens is 1. The van der Waals surface area contributed by atoms with Crippen LogP contribution < -0.4 is 0 Å². The van der Waals surface area contributed by atoms with Gasteiger partial charge in [0.1, 0.15) is 0 Å². The van der Waals surface area contributed by atoms with Gasteiger partial charge in [0.25, 0.3) is 0 Å². The van der Waals surface area contributed by atoms with Crippen LogP contribution in [0.2, 0.25) is 0 Å². The average Bonchev–Trinajstić information content (AvgIpc) is 2.76. The molecule has 3 nitrogen and oxygen atoms in total. The van der Waals surface area contributed by atoms with Crippen LogP contribution >= 0.6 is 11.6 Å². The minimum absolute atomic E-state index is 0.373. The summed E-state index contributed by atoms with van der Waals surface area (Å²) in [4.78, 5) is 4.15. The number of alkyl halides is 1. The van der Waals surface area contributed by atoms with Crippen LogP contribution in [0.15, 0.2) is 12.5 Å². The molecule has 1 aromatic heterocycles. The minimum Gasteiger partial charge on any atom is -0.376 e. The molecule has 0 N–H and O–H groups in total. The Labute approximate surface area is 82.7 Å². The summed E-state index contributed by atoms with van der Waals surface area (Å²) in [5.41, 5.74) is 0.930. The van der Waals surface area contributed by atoms with Gasteiger partial charge in [-0.25, -0.2) is 4.98 Å². The molecule has 1 atom stereocenters. The van der Waals surface area contributed by atoms with E-state index in [-0.39, 0.29) is 0 Å². The van der Waals surface area contributed by atoms with E-state index in [1.165, 1.54) is 6.42 Å². The molecule has 0 radical (unpaired) electrons. The molecular weight excluding hydrogens is 188 g/mol. The number of hydrogen-bond donors (Lipinski definition) is 0. The standard InChI is InChI=1S/C9H13ClN2O/c10-4-8-5-12(7-11-8)6-9-2-1-3-13-9/h5,7,9H,1-4,6H2/t9-/m0/s1. The van der Waals surface area contributed by atoms with Crippen LogP contribution in [-0.4, -0.2) is 22.3 Å². The SMILES string of the molecule is ClCc1cn(C[C@@H]2CCCO2)cn1. The summed E-state index contributed by atoms with van der Waals surface area (Å²) < 4.78 is 7.57. The Morgan fingerprint density at radius 1 is 1.69 bits per heavy atom. The highest BCUT2D eigenvalue weighted by Gasteiger charge is 2.15. The third kappa shape index (κ3) is 2.23. The second kappa shape index (κ2) is 4.11. The van der Waals surface area contributed by atoms with E-state index in [0.717, 1.165) is 25.3 Å². The van der Waals surface area contributed by atoms with Crippen molar-refractivity contribution in [2.75, 3.05) is 6.61 Å². The summed E-state index contributed by atoms with van der Waals surface area (Å²) in [6.45, 7) is 1.81. The van der Waals surface area contributed by atoms with Crippen LogP contribution in [0.25, 0.3) is 0 Å². The van der Waals surface area contributed by atoms with Crippen LogP contribution in [0.5, 0.6) is 0 Å². The van der Waals surface area contributed by atoms with Gasteiger partial charge in [-0.1, -0.05) is 0 Å². The first-order valence-corrected chi connectivity index (χ1v) is 5.10. The van der Waals surface area contributed by atoms with Crippen molar-refractivity contribution >= 4 is 11.6 Å². The van der Waals surface area contributed by atoms with Crippen molar-refractivity contribution < 1.29 is 4.74 Å². The number of rotatable bonds is 3. The third-order valence-electron chi connectivity index (χ3n) is 2.26. The van der Waals surface area contributed by atoms with E-state index in [4.69, 9.17) is 16.3 Å². The quantitative estimate of drug-likeness (QED) is 0.696. The Bertz CT molecular complexity index is 268. The Morgan fingerprint density at radius 2 is 2.62 bits per heavy atom. The van der Waals surface area contributed by atoms with E-state index in [9.17, 15) is 0 Å². The van der Waals surface area contributed by atoms with E-state index in [0.29, 0.717) is 12.0 Å². The normalized spacial score (nSPS) is 22.4. The van der Waals surface area contributed by atoms with Crippen LogP contribution in [-0.2, 0) is 17.2 Å². The van der Waals surface area contributed by atoms with Crippen LogP contribution in [0.3, 0.4) is 0 Å². The molecule has 72 valence electrons. The molecule has 13 heavy (non-hydrogen) atoms. The molecule has 1 saturated heterocycles. The molecule has 0 spiro atoms. The summed E-state index contributed by atoms with van der Waals surface area (Å²) in [5, 5.41) is 0. The Morgan fingerprint density at radius 3 is 3.23 bits per heavy atom. The molecule has 0 unspecified atom stereocenters. The zero-order valence-corrected chi connectivity index (χ0v) is 8.20. The predicted octanol–water partition coefficient (Wildman–Crippen LogP) is 1.80. The Balaban J connectivity index is 1.92. The number of ether oxygens (including phenoxy) is 1. The van der Waals surface area contributed by atoms with Gasteiger partial charge in [0.15, 0.2) is 0 Å². The monoisotopic (exact) mass is 200 g/mol. The van der Waals surface area contributed by atoms with Gasteiger partial charge in [0.2, 0.25) is 0 Å². The first-order valence-electron chi connectivity index (χ1n) is 4.56. The number of hydrogen-bond acceptors (Lipinski definition) is 2. The minimum atomic E-state index is 0.373. The molecule has 1 aliphatic rings. The van der Waals surface area contributed by atoms with E-state index in [2.05, 4.69) is 4.98 Å². The maximum atomic E-state index is 5.65. The fourth-order valence-corrected chi connectivity index (χ4v) is 1.74. The molecule has 1 aromatic rings. The summed E-state index contributed by atoms with van der Waals surface area (Å²) in [6.07, 6.45) is 6.52. The van der Waals surface area contributed by atoms with Gasteiger partial charge in [-0.3, -0.25) is 0 Å². The molecule has 1 aliphatic heterocycles. The van der Waals surface area contributed by atoms with Crippen molar-refractivity contribution in [2.24, 2.45) is 0 Å². The molecule has 0 aromatic carbocycles. The summed E-state index contributed by atoms with van der Waals surface area (Å²) in [6, 6.07) is 0. The van der Waals surface area contributed by atoms with Crippen LogP contribution in [0, 0.1) is 0 Å². The van der Waals surface area contributed by atoms with Gasteiger partial charge in [-0.2, -0.15) is 0 Å². The number of imidazole rings is 1. The molecule has 0 aliphatic carbocycles. The third-order valence-corrected chi connectivity index (χ3v) is 2.54. The van der Waals surface area contributed by atoms with E-state index < -0.39 is 0 Å². The molecule has 4 heteroatoms. The van der Waals surface area contributed by atoms with Crippen molar-refractivity contribution in [3.63, 3.8) is 0 Å². The first kappa shape index (κ1) is 9.03. The molecule has 0 saturated carbocycles. The highest BCUT2D eigenvalue weighted by atomic mass is 35.5. The number of nitrogens with zero attached hydrogens (tertiary/aromatic N) is 2. The Hall–Kier alpha value is -0.540. The van der Waals surface area contributed by atoms with Gasteiger partial charge in [0.05, 0.1) is 24.0 Å². The smallest absolute Gasteiger partial charge is 0.0950 e. The van der Waals surface area contributed by atoms with Crippen molar-refractivity contribution in [1.82, 2.24) is 9.55 Å². The average molecular weight is 201 g/mol. The van der Waals surface area contributed by atoms with Crippen molar-refractivity contribution in [2.45, 2.75) is 31.4 Å². The second-order valence-corrected chi connectivity index (χ2v) is 3.60. The molecular formula is C9H13ClN2O. The number of aromatic nitrogens is 2. The van der Waals surface area contributed by atoms with Crippen molar-refractivity contribution in [3.05, 3.63) is 18.2 Å². The lowest BCUT2D eigenvalue weighted by atomic mass is 10.2. The molecule has 0 amide bonds. The van der Waals surface area contributed by atoms with E-state index in [1.54, 1.807) is 0 Å². The summed E-state index contributed by atoms with van der Waals surface area (Å²) >= 11 is 5.65. The lowest BCUT2D eigenvalue weighted by Gasteiger charge is -2.08. The first-order chi connectivity index (χ1) is 6.38. The molecule has 2 heterocycles. The lowest BCUT2D eigenvalue weighted by molar-refractivity contribution is 0.0970. The van der Waals surface area contributed by atoms with Crippen LogP contribution in [0.1, 0.15) is 18.5 Å². The zero-order valence-electron chi connectivity index (χ0n) is 7.45. The van der Waals surface area contributed by atoms with Gasteiger partial charge in [-0.15, -0.1) is 11.6 Å². The van der Waals surface area contributed by atoms with Crippen molar-refractivity contribution in [3.8, 4) is 0 Å². The largest absolute Gasteiger partial charge is 0.376 e. The van der Waals surface area contributed by atoms with Crippen molar-refractivity contribution in [1.29, 1.82) is 0 Å². The predicted molar refractivity (Wildman–Crippen MR) is 50.8 cm³/mol. The maximum Gasteiger partial charge on any atom is 0.0950 e. The highest BCUT2D eigenvalue weighted by molar-refractivity contribution is 6.16. The van der Waals surface area contributed by atoms with Crippen LogP contribution in [0.4, 0.5) is 0 Å². The fourth-order valence-electron chi connectivity index (χ4n) is 1.60. The summed E-state index contributed by atoms with van der Waals surface area (Å²) in [5.74, 6) is 0.485. The van der Waals surface area contributed by atoms with Gasteiger partial charge in [0, 0.05) is 19.3 Å². The van der Waals surface area contributed by atoms with Gasteiger partial charge < -0.3 is 9.30 Å². The maximum absolute atomic E-state index is 5.65. The fraction of sp³-hybridized carbons (Fsp3) is 0.667. The molecule has 1 fully saturated rings. The van der Waals surface area contributed by atoms with E-state index in [1.807, 2.05) is 17.1 Å². The molecule has 0 bridgehead atoms. The van der Waals surface area contributed by atoms with E-state index >= 15 is 0 Å². The second-order valence-electron chi connectivity index (χ2n) is 3.33. The Kier molecular flexibility index (Phi) is 2.86. The molecule has 2 rings (SSSR count). The lowest BCUT2D eigenvalue weighted by Crippen LogP contribution is -2.13. The zero-order chi connectivity index (χ0) is 9.10. The van der Waals surface area contributed by atoms with Gasteiger partial charge in [-0.05, 0) is 12.8 Å².